The molecule has 5 heteroatoms. The van der Waals surface area contributed by atoms with E-state index in [1.165, 1.54) is 19.4 Å². The van der Waals surface area contributed by atoms with E-state index in [9.17, 15) is 0 Å². The number of aromatic nitrogens is 1. The number of likely N-dealkylation sites (tertiary alicyclic amines) is 1. The van der Waals surface area contributed by atoms with Gasteiger partial charge in [0.25, 0.3) is 0 Å². The summed E-state index contributed by atoms with van der Waals surface area (Å²) in [7, 11) is 0. The molecule has 0 aliphatic carbocycles. The van der Waals surface area contributed by atoms with Gasteiger partial charge in [-0.1, -0.05) is 17.7 Å². The maximum atomic E-state index is 6.02. The quantitative estimate of drug-likeness (QED) is 0.944. The van der Waals surface area contributed by atoms with Crippen molar-refractivity contribution in [2.45, 2.75) is 19.4 Å². The Labute approximate surface area is 135 Å². The summed E-state index contributed by atoms with van der Waals surface area (Å²) in [4.78, 5) is 7.11. The number of hydrogen-bond donors (Lipinski definition) is 1. The van der Waals surface area contributed by atoms with Gasteiger partial charge >= 0.3 is 0 Å². The van der Waals surface area contributed by atoms with Gasteiger partial charge in [-0.15, -0.1) is 0 Å². The first-order chi connectivity index (χ1) is 10.7. The van der Waals surface area contributed by atoms with Crippen LogP contribution in [0.5, 0.6) is 0 Å². The molecule has 0 amide bonds. The molecule has 1 aromatic heterocycles. The smallest absolute Gasteiger partial charge is 0.226 e. The van der Waals surface area contributed by atoms with Crippen molar-refractivity contribution in [3.05, 3.63) is 41.2 Å². The van der Waals surface area contributed by atoms with E-state index in [1.54, 1.807) is 6.26 Å². The summed E-state index contributed by atoms with van der Waals surface area (Å²) in [5.74, 6) is 0.647. The SMILES string of the molecule is Clc1cccc(-c2nc(CN3CCC4(CCNC4)C3)co2)c1. The second-order valence-electron chi connectivity index (χ2n) is 6.54. The van der Waals surface area contributed by atoms with Crippen molar-refractivity contribution in [1.29, 1.82) is 0 Å². The van der Waals surface area contributed by atoms with Crippen LogP contribution in [0.25, 0.3) is 11.5 Å². The highest BCUT2D eigenvalue weighted by molar-refractivity contribution is 6.30. The van der Waals surface area contributed by atoms with Gasteiger partial charge in [0.05, 0.1) is 5.69 Å². The molecule has 1 spiro atoms. The van der Waals surface area contributed by atoms with Crippen LogP contribution in [0.2, 0.25) is 5.02 Å². The number of halogens is 1. The molecular formula is C17H20ClN3O. The van der Waals surface area contributed by atoms with Gasteiger partial charge < -0.3 is 9.73 Å². The molecule has 4 nitrogen and oxygen atoms in total. The van der Waals surface area contributed by atoms with Crippen LogP contribution in [0.3, 0.4) is 0 Å². The van der Waals surface area contributed by atoms with E-state index < -0.39 is 0 Å². The molecule has 1 N–H and O–H groups in total. The second kappa shape index (κ2) is 5.69. The van der Waals surface area contributed by atoms with Gasteiger partial charge in [0.1, 0.15) is 6.26 Å². The predicted octanol–water partition coefficient (Wildman–Crippen LogP) is 3.18. The molecule has 0 saturated carbocycles. The van der Waals surface area contributed by atoms with Gasteiger partial charge in [0.2, 0.25) is 5.89 Å². The largest absolute Gasteiger partial charge is 0.444 e. The van der Waals surface area contributed by atoms with Crippen molar-refractivity contribution in [1.82, 2.24) is 15.2 Å². The van der Waals surface area contributed by atoms with Gasteiger partial charge in [0, 0.05) is 30.2 Å². The second-order valence-corrected chi connectivity index (χ2v) is 6.98. The molecule has 2 saturated heterocycles. The zero-order valence-corrected chi connectivity index (χ0v) is 13.3. The van der Waals surface area contributed by atoms with Crippen LogP contribution in [0.15, 0.2) is 34.9 Å². The molecule has 2 aliphatic heterocycles. The fraction of sp³-hybridized carbons (Fsp3) is 0.471. The fourth-order valence-electron chi connectivity index (χ4n) is 3.67. The van der Waals surface area contributed by atoms with Crippen LogP contribution in [-0.4, -0.2) is 36.1 Å². The Morgan fingerprint density at radius 1 is 1.36 bits per heavy atom. The number of nitrogens with one attached hydrogen (secondary N) is 1. The summed E-state index contributed by atoms with van der Waals surface area (Å²) in [6, 6.07) is 7.62. The minimum Gasteiger partial charge on any atom is -0.444 e. The third kappa shape index (κ3) is 2.78. The van der Waals surface area contributed by atoms with Crippen LogP contribution in [0.1, 0.15) is 18.5 Å². The molecule has 1 aromatic carbocycles. The third-order valence-electron chi connectivity index (χ3n) is 4.86. The topological polar surface area (TPSA) is 41.3 Å². The monoisotopic (exact) mass is 317 g/mol. The third-order valence-corrected chi connectivity index (χ3v) is 5.09. The lowest BCUT2D eigenvalue weighted by Gasteiger charge is -2.22. The first-order valence-electron chi connectivity index (χ1n) is 7.86. The van der Waals surface area contributed by atoms with Crippen LogP contribution < -0.4 is 5.32 Å². The zero-order valence-electron chi connectivity index (χ0n) is 12.5. The molecule has 0 radical (unpaired) electrons. The highest BCUT2D eigenvalue weighted by atomic mass is 35.5. The van der Waals surface area contributed by atoms with E-state index in [0.29, 0.717) is 16.3 Å². The van der Waals surface area contributed by atoms with Gasteiger partial charge in [-0.25, -0.2) is 4.98 Å². The molecule has 1 atom stereocenters. The molecule has 0 bridgehead atoms. The Kier molecular flexibility index (Phi) is 3.68. The van der Waals surface area contributed by atoms with Crippen molar-refractivity contribution < 1.29 is 4.42 Å². The van der Waals surface area contributed by atoms with Crippen LogP contribution in [0.4, 0.5) is 0 Å². The Hall–Kier alpha value is -1.36. The average molecular weight is 318 g/mol. The van der Waals surface area contributed by atoms with Gasteiger partial charge in [-0.3, -0.25) is 4.90 Å². The Morgan fingerprint density at radius 3 is 3.14 bits per heavy atom. The Morgan fingerprint density at radius 2 is 2.32 bits per heavy atom. The van der Waals surface area contributed by atoms with Crippen molar-refractivity contribution in [3.63, 3.8) is 0 Å². The summed E-state index contributed by atoms with van der Waals surface area (Å²) >= 11 is 6.02. The minimum absolute atomic E-state index is 0.500. The van der Waals surface area contributed by atoms with E-state index in [4.69, 9.17) is 16.0 Å². The Bertz CT molecular complexity index is 663. The molecule has 4 rings (SSSR count). The number of nitrogens with zero attached hydrogens (tertiary/aromatic N) is 2. The molecule has 2 fully saturated rings. The highest BCUT2D eigenvalue weighted by Gasteiger charge is 2.40. The Balaban J connectivity index is 1.44. The van der Waals surface area contributed by atoms with E-state index >= 15 is 0 Å². The first kappa shape index (κ1) is 14.2. The molecular weight excluding hydrogens is 298 g/mol. The van der Waals surface area contributed by atoms with Crippen molar-refractivity contribution in [2.24, 2.45) is 5.41 Å². The maximum Gasteiger partial charge on any atom is 0.226 e. The van der Waals surface area contributed by atoms with E-state index in [0.717, 1.165) is 37.4 Å². The van der Waals surface area contributed by atoms with E-state index in [1.807, 2.05) is 24.3 Å². The molecule has 116 valence electrons. The average Bonchev–Trinajstić information content (AvgIpc) is 3.23. The first-order valence-corrected chi connectivity index (χ1v) is 8.24. The lowest BCUT2D eigenvalue weighted by molar-refractivity contribution is 0.266. The van der Waals surface area contributed by atoms with Crippen molar-refractivity contribution in [2.75, 3.05) is 26.2 Å². The van der Waals surface area contributed by atoms with Gasteiger partial charge in [0.15, 0.2) is 0 Å². The zero-order chi connectivity index (χ0) is 15.0. The van der Waals surface area contributed by atoms with Crippen LogP contribution in [-0.2, 0) is 6.54 Å². The lowest BCUT2D eigenvalue weighted by atomic mass is 9.87. The summed E-state index contributed by atoms with van der Waals surface area (Å²) < 4.78 is 5.62. The summed E-state index contributed by atoms with van der Waals surface area (Å²) in [5, 5.41) is 4.20. The molecule has 22 heavy (non-hydrogen) atoms. The summed E-state index contributed by atoms with van der Waals surface area (Å²) in [5.41, 5.74) is 2.43. The molecule has 2 aliphatic rings. The minimum atomic E-state index is 0.500. The predicted molar refractivity (Wildman–Crippen MR) is 86.8 cm³/mol. The lowest BCUT2D eigenvalue weighted by Crippen LogP contribution is -2.29. The van der Waals surface area contributed by atoms with E-state index in [-0.39, 0.29) is 0 Å². The standard InChI is InChI=1S/C17H20ClN3O/c18-14-3-1-2-13(8-14)16-20-15(10-22-16)9-21-7-5-17(12-21)4-6-19-11-17/h1-3,8,10,19H,4-7,9,11-12H2. The number of rotatable bonds is 3. The fourth-order valence-corrected chi connectivity index (χ4v) is 3.86. The highest BCUT2D eigenvalue weighted by Crippen LogP contribution is 2.36. The maximum absolute atomic E-state index is 6.02. The van der Waals surface area contributed by atoms with Crippen LogP contribution in [0, 0.1) is 5.41 Å². The van der Waals surface area contributed by atoms with Crippen molar-refractivity contribution in [3.8, 4) is 11.5 Å². The number of benzene rings is 1. The molecule has 2 aromatic rings. The van der Waals surface area contributed by atoms with E-state index in [2.05, 4.69) is 15.2 Å². The summed E-state index contributed by atoms with van der Waals surface area (Å²) in [6.07, 6.45) is 4.36. The summed E-state index contributed by atoms with van der Waals surface area (Å²) in [6.45, 7) is 5.51. The number of oxazole rings is 1. The van der Waals surface area contributed by atoms with Crippen molar-refractivity contribution >= 4 is 11.6 Å². The number of hydrogen-bond acceptors (Lipinski definition) is 4. The normalized spacial score (nSPS) is 25.3. The molecule has 3 heterocycles. The molecule has 1 unspecified atom stereocenters. The van der Waals surface area contributed by atoms with Crippen LogP contribution >= 0.6 is 11.6 Å². The van der Waals surface area contributed by atoms with Gasteiger partial charge in [-0.2, -0.15) is 0 Å². The van der Waals surface area contributed by atoms with Gasteiger partial charge in [-0.05, 0) is 49.5 Å².